The number of aromatic nitrogens is 2. The first-order valence-corrected chi connectivity index (χ1v) is 12.5. The molecule has 0 bridgehead atoms. The fraction of sp³-hybridized carbons (Fsp3) is 0.269. The largest absolute Gasteiger partial charge is 0.444 e. The van der Waals surface area contributed by atoms with E-state index in [9.17, 15) is 23.2 Å². The number of nitrogens with one attached hydrogen (secondary N) is 3. The molecule has 3 rings (SSSR count). The average Bonchev–Trinajstić information content (AvgIpc) is 2.88. The number of benzene rings is 1. The molecule has 0 aliphatic heterocycles. The van der Waals surface area contributed by atoms with Crippen molar-refractivity contribution in [3.63, 3.8) is 0 Å². The Balaban J connectivity index is 1.73. The molecule has 206 valence electrons. The number of alkyl carbamates (subject to hydrolysis) is 1. The zero-order valence-corrected chi connectivity index (χ0v) is 22.1. The lowest BCUT2D eigenvalue weighted by Gasteiger charge is -2.21. The van der Waals surface area contributed by atoms with Gasteiger partial charge < -0.3 is 25.4 Å². The van der Waals surface area contributed by atoms with E-state index in [1.807, 2.05) is 0 Å². The van der Waals surface area contributed by atoms with E-state index in [2.05, 4.69) is 30.7 Å². The van der Waals surface area contributed by atoms with E-state index in [1.165, 1.54) is 30.5 Å². The smallest absolute Gasteiger partial charge is 0.408 e. The number of halogens is 2. The van der Waals surface area contributed by atoms with E-state index in [-0.39, 0.29) is 17.9 Å². The van der Waals surface area contributed by atoms with Crippen molar-refractivity contribution in [1.29, 1.82) is 0 Å². The van der Waals surface area contributed by atoms with Gasteiger partial charge in [-0.1, -0.05) is 11.8 Å². The van der Waals surface area contributed by atoms with Gasteiger partial charge in [-0.15, -0.1) is 0 Å². The van der Waals surface area contributed by atoms with Gasteiger partial charge in [-0.2, -0.15) is 8.78 Å². The lowest BCUT2D eigenvalue weighted by Crippen LogP contribution is -2.40. The molecule has 0 aliphatic rings. The number of carbonyl (C=O) groups excluding carboxylic acids is 3. The second kappa shape index (κ2) is 13.5. The number of ether oxygens (including phenoxy) is 2. The van der Waals surface area contributed by atoms with Gasteiger partial charge in [0, 0.05) is 24.3 Å². The molecule has 3 aromatic rings. The molecule has 13 heteroatoms. The van der Waals surface area contributed by atoms with Gasteiger partial charge in [0.1, 0.15) is 28.3 Å². The molecule has 10 nitrogen and oxygen atoms in total. The van der Waals surface area contributed by atoms with Gasteiger partial charge in [-0.25, -0.2) is 9.78 Å². The minimum Gasteiger partial charge on any atom is -0.444 e. The highest BCUT2D eigenvalue weighted by Crippen LogP contribution is 2.34. The molecule has 0 fully saturated rings. The van der Waals surface area contributed by atoms with Gasteiger partial charge in [0.05, 0.1) is 5.56 Å². The van der Waals surface area contributed by atoms with E-state index in [0.717, 1.165) is 11.8 Å². The van der Waals surface area contributed by atoms with Crippen LogP contribution in [0.3, 0.4) is 0 Å². The van der Waals surface area contributed by atoms with Gasteiger partial charge in [0.15, 0.2) is 0 Å². The van der Waals surface area contributed by atoms with E-state index >= 15 is 0 Å². The monoisotopic (exact) mass is 559 g/mol. The second-order valence-corrected chi connectivity index (χ2v) is 10.0. The van der Waals surface area contributed by atoms with Crippen LogP contribution in [0.5, 0.6) is 5.75 Å². The number of anilines is 1. The first kappa shape index (κ1) is 29.3. The van der Waals surface area contributed by atoms with E-state index < -0.39 is 35.5 Å². The summed E-state index contributed by atoms with van der Waals surface area (Å²) in [5, 5.41) is 7.54. The predicted molar refractivity (Wildman–Crippen MR) is 140 cm³/mol. The van der Waals surface area contributed by atoms with Gasteiger partial charge in [-0.3, -0.25) is 14.6 Å². The van der Waals surface area contributed by atoms with Crippen molar-refractivity contribution < 1.29 is 32.6 Å². The van der Waals surface area contributed by atoms with Gasteiger partial charge in [0.25, 0.3) is 5.91 Å². The minimum atomic E-state index is -2.96. The zero-order valence-electron chi connectivity index (χ0n) is 21.3. The predicted octanol–water partition coefficient (Wildman–Crippen LogP) is 4.76. The summed E-state index contributed by atoms with van der Waals surface area (Å²) in [7, 11) is 0. The summed E-state index contributed by atoms with van der Waals surface area (Å²) in [5.41, 5.74) is 0.532. The molecule has 0 saturated heterocycles. The molecule has 1 aromatic carbocycles. The lowest BCUT2D eigenvalue weighted by molar-refractivity contribution is -0.120. The molecule has 3 N–H and O–H groups in total. The quantitative estimate of drug-likeness (QED) is 0.239. The van der Waals surface area contributed by atoms with Crippen LogP contribution in [0.15, 0.2) is 72.1 Å². The Hall–Kier alpha value is -4.26. The number of carbonyl (C=O) groups is 3. The first-order valence-electron chi connectivity index (χ1n) is 11.6. The van der Waals surface area contributed by atoms with Crippen LogP contribution in [0.4, 0.5) is 19.3 Å². The fourth-order valence-electron chi connectivity index (χ4n) is 3.07. The number of rotatable bonds is 10. The molecule has 0 aliphatic carbocycles. The van der Waals surface area contributed by atoms with Crippen molar-refractivity contribution in [2.24, 2.45) is 0 Å². The SMILES string of the molecule is CC(C)(C)OC(=O)NCC(=O)NC(Sc1ncccc1C(=O)Nc1ccc(OC(F)F)cc1)c1ccncc1. The number of pyridine rings is 2. The molecule has 2 heterocycles. The third-order valence-corrected chi connectivity index (χ3v) is 5.85. The molecule has 0 saturated carbocycles. The van der Waals surface area contributed by atoms with Crippen molar-refractivity contribution in [2.45, 2.75) is 43.4 Å². The maximum absolute atomic E-state index is 13.1. The van der Waals surface area contributed by atoms with Crippen molar-refractivity contribution in [1.82, 2.24) is 20.6 Å². The number of amides is 3. The standard InChI is InChI=1S/C26H27F2N5O5S/c1-26(2,3)38-25(36)31-15-20(34)33-22(16-10-13-29-14-11-16)39-23-19(5-4-12-30-23)21(35)32-17-6-8-18(9-7-17)37-24(27)28/h4-14,22,24H,15H2,1-3H3,(H,31,36)(H,32,35)(H,33,34). The Morgan fingerprint density at radius 1 is 1.00 bits per heavy atom. The summed E-state index contributed by atoms with van der Waals surface area (Å²) in [5.74, 6) is -1.04. The average molecular weight is 560 g/mol. The van der Waals surface area contributed by atoms with Crippen molar-refractivity contribution in [3.8, 4) is 5.75 Å². The molecule has 0 radical (unpaired) electrons. The van der Waals surface area contributed by atoms with Crippen LogP contribution in [0.1, 0.15) is 42.1 Å². The number of alkyl halides is 2. The normalized spacial score (nSPS) is 11.8. The molecule has 1 atom stereocenters. The number of nitrogens with zero attached hydrogens (tertiary/aromatic N) is 2. The van der Waals surface area contributed by atoms with Crippen molar-refractivity contribution in [2.75, 3.05) is 11.9 Å². The number of hydrogen-bond acceptors (Lipinski definition) is 8. The first-order chi connectivity index (χ1) is 18.5. The van der Waals surface area contributed by atoms with Crippen LogP contribution in [0.25, 0.3) is 0 Å². The number of thioether (sulfide) groups is 1. The molecule has 3 amide bonds. The Morgan fingerprint density at radius 2 is 1.69 bits per heavy atom. The summed E-state index contributed by atoms with van der Waals surface area (Å²) in [6.07, 6.45) is 3.89. The van der Waals surface area contributed by atoms with E-state index in [0.29, 0.717) is 16.3 Å². The Morgan fingerprint density at radius 3 is 2.33 bits per heavy atom. The Labute approximate surface area is 227 Å². The third kappa shape index (κ3) is 9.85. The molecule has 39 heavy (non-hydrogen) atoms. The highest BCUT2D eigenvalue weighted by molar-refractivity contribution is 7.99. The molecule has 1 unspecified atom stereocenters. The van der Waals surface area contributed by atoms with Crippen molar-refractivity contribution in [3.05, 3.63) is 78.2 Å². The van der Waals surface area contributed by atoms with Crippen molar-refractivity contribution >= 4 is 35.4 Å². The summed E-state index contributed by atoms with van der Waals surface area (Å²) in [6.45, 7) is 1.83. The van der Waals surface area contributed by atoms with Crippen LogP contribution in [0, 0.1) is 0 Å². The van der Waals surface area contributed by atoms with Crippen LogP contribution >= 0.6 is 11.8 Å². The van der Waals surface area contributed by atoms with E-state index in [1.54, 1.807) is 57.4 Å². The highest BCUT2D eigenvalue weighted by atomic mass is 32.2. The van der Waals surface area contributed by atoms with Gasteiger partial charge >= 0.3 is 12.7 Å². The van der Waals surface area contributed by atoms with Crippen LogP contribution < -0.4 is 20.7 Å². The van der Waals surface area contributed by atoms with E-state index in [4.69, 9.17) is 4.74 Å². The summed E-state index contributed by atoms with van der Waals surface area (Å²) in [4.78, 5) is 46.0. The Bertz CT molecular complexity index is 1270. The fourth-order valence-corrected chi connectivity index (χ4v) is 4.19. The molecular formula is C26H27F2N5O5S. The topological polar surface area (TPSA) is 132 Å². The Kier molecular flexibility index (Phi) is 10.1. The zero-order chi connectivity index (χ0) is 28.4. The maximum atomic E-state index is 13.1. The summed E-state index contributed by atoms with van der Waals surface area (Å²) < 4.78 is 34.2. The van der Waals surface area contributed by atoms with Crippen LogP contribution in [0.2, 0.25) is 0 Å². The lowest BCUT2D eigenvalue weighted by atomic mass is 10.2. The van der Waals surface area contributed by atoms with Crippen LogP contribution in [-0.2, 0) is 9.53 Å². The third-order valence-electron chi connectivity index (χ3n) is 4.68. The van der Waals surface area contributed by atoms with Gasteiger partial charge in [-0.05, 0) is 74.9 Å². The maximum Gasteiger partial charge on any atom is 0.408 e. The molecular weight excluding hydrogens is 532 g/mol. The summed E-state index contributed by atoms with van der Waals surface area (Å²) >= 11 is 1.11. The molecule has 0 spiro atoms. The number of hydrogen-bond donors (Lipinski definition) is 3. The minimum absolute atomic E-state index is 0.0438. The van der Waals surface area contributed by atoms with Crippen LogP contribution in [-0.4, -0.2) is 46.6 Å². The summed E-state index contributed by atoms with van der Waals surface area (Å²) in [6, 6.07) is 12.0. The highest BCUT2D eigenvalue weighted by Gasteiger charge is 2.22. The van der Waals surface area contributed by atoms with Gasteiger partial charge in [0.2, 0.25) is 5.91 Å². The molecule has 2 aromatic heterocycles. The second-order valence-electron chi connectivity index (χ2n) is 8.91.